The smallest absolute Gasteiger partial charge is 0.192 e. The van der Waals surface area contributed by atoms with E-state index in [-0.39, 0.29) is 28.4 Å². The second-order valence-electron chi connectivity index (χ2n) is 15.1. The lowest BCUT2D eigenvalue weighted by Crippen LogP contribution is -2.46. The highest BCUT2D eigenvalue weighted by Gasteiger charge is 2.45. The molecule has 1 aliphatic heterocycles. The molecule has 5 atom stereocenters. The number of rotatable bonds is 14. The van der Waals surface area contributed by atoms with Gasteiger partial charge in [-0.25, -0.2) is 0 Å². The fourth-order valence-electron chi connectivity index (χ4n) is 4.33. The number of benzene rings is 1. The van der Waals surface area contributed by atoms with Crippen LogP contribution >= 0.6 is 0 Å². The van der Waals surface area contributed by atoms with Gasteiger partial charge in [0.25, 0.3) is 0 Å². The number of aliphatic hydroxyl groups excluding tert-OH is 1. The van der Waals surface area contributed by atoms with E-state index < -0.39 is 34.6 Å². The molecular formula is C33H60O7Si2. The molecule has 1 fully saturated rings. The van der Waals surface area contributed by atoms with Crippen molar-refractivity contribution in [1.29, 1.82) is 0 Å². The Balaban J connectivity index is 2.19. The topological polar surface area (TPSA) is 75.6 Å². The molecule has 1 aliphatic rings. The largest absolute Gasteiger partial charge is 0.497 e. The Morgan fingerprint density at radius 1 is 0.929 bits per heavy atom. The highest BCUT2D eigenvalue weighted by Crippen LogP contribution is 2.39. The van der Waals surface area contributed by atoms with E-state index in [1.54, 1.807) is 13.2 Å². The third-order valence-electron chi connectivity index (χ3n) is 9.08. The second-order valence-corrected chi connectivity index (χ2v) is 24.7. The van der Waals surface area contributed by atoms with Gasteiger partial charge in [0, 0.05) is 6.61 Å². The normalized spacial score (nSPS) is 22.4. The molecule has 9 heteroatoms. The number of methoxy groups -OCH3 is 1. The van der Waals surface area contributed by atoms with Gasteiger partial charge in [0.2, 0.25) is 0 Å². The van der Waals surface area contributed by atoms with E-state index in [1.807, 2.05) is 44.2 Å². The fourth-order valence-corrected chi connectivity index (χ4v) is 6.80. The molecule has 1 unspecified atom stereocenters. The van der Waals surface area contributed by atoms with Gasteiger partial charge in [-0.3, -0.25) is 0 Å². The first-order chi connectivity index (χ1) is 19.1. The van der Waals surface area contributed by atoms with Crippen LogP contribution in [0.2, 0.25) is 36.3 Å². The van der Waals surface area contributed by atoms with Gasteiger partial charge >= 0.3 is 0 Å². The van der Waals surface area contributed by atoms with Crippen LogP contribution in [0, 0.1) is 0 Å². The number of ether oxygens (including phenoxy) is 4. The van der Waals surface area contributed by atoms with Gasteiger partial charge < -0.3 is 32.9 Å². The zero-order chi connectivity index (χ0) is 32.1. The molecule has 0 aromatic heterocycles. The molecule has 242 valence electrons. The van der Waals surface area contributed by atoms with Gasteiger partial charge in [-0.1, -0.05) is 65.8 Å². The van der Waals surface area contributed by atoms with E-state index in [0.29, 0.717) is 19.6 Å². The first kappa shape index (κ1) is 37.1. The SMILES string of the molecule is COc1ccc(CO[C@H](C=CC(O)[C@H]2OC(C)(C)O[C@H]2CCO[Si](C)(C)C(C)(C)C)[C@H](C)O[Si](C)(C)C(C)(C)C)cc1. The van der Waals surface area contributed by atoms with Crippen LogP contribution < -0.4 is 4.74 Å². The molecule has 1 saturated heterocycles. The molecule has 1 aromatic rings. The van der Waals surface area contributed by atoms with Crippen molar-refractivity contribution < 1.29 is 32.9 Å². The van der Waals surface area contributed by atoms with Gasteiger partial charge in [-0.15, -0.1) is 0 Å². The van der Waals surface area contributed by atoms with Gasteiger partial charge in [-0.2, -0.15) is 0 Å². The quantitative estimate of drug-likeness (QED) is 0.167. The molecule has 0 amide bonds. The summed E-state index contributed by atoms with van der Waals surface area (Å²) in [5, 5.41) is 11.5. The molecule has 2 rings (SSSR count). The molecule has 0 bridgehead atoms. The summed E-state index contributed by atoms with van der Waals surface area (Å²) in [6.07, 6.45) is 2.09. The minimum atomic E-state index is -2.06. The zero-order valence-electron chi connectivity index (χ0n) is 28.9. The van der Waals surface area contributed by atoms with Crippen molar-refractivity contribution >= 4 is 16.6 Å². The van der Waals surface area contributed by atoms with Crippen molar-refractivity contribution in [3.63, 3.8) is 0 Å². The number of aliphatic hydroxyl groups is 1. The Bertz CT molecular complexity index is 993. The summed E-state index contributed by atoms with van der Waals surface area (Å²) in [5.74, 6) is 0.0170. The van der Waals surface area contributed by atoms with Crippen LogP contribution in [0.5, 0.6) is 5.75 Å². The Morgan fingerprint density at radius 2 is 1.50 bits per heavy atom. The van der Waals surface area contributed by atoms with Gasteiger partial charge in [0.15, 0.2) is 22.4 Å². The monoisotopic (exact) mass is 624 g/mol. The number of hydrogen-bond donors (Lipinski definition) is 1. The third-order valence-corrected chi connectivity index (χ3v) is 18.2. The lowest BCUT2D eigenvalue weighted by molar-refractivity contribution is -0.153. The molecule has 7 nitrogen and oxygen atoms in total. The average molecular weight is 625 g/mol. The van der Waals surface area contributed by atoms with Crippen LogP contribution in [0.15, 0.2) is 36.4 Å². The Morgan fingerprint density at radius 3 is 2.02 bits per heavy atom. The van der Waals surface area contributed by atoms with Gasteiger partial charge in [0.05, 0.1) is 25.9 Å². The van der Waals surface area contributed by atoms with Crippen molar-refractivity contribution in [3.05, 3.63) is 42.0 Å². The highest BCUT2D eigenvalue weighted by atomic mass is 28.4. The Kier molecular flexibility index (Phi) is 12.7. The predicted molar refractivity (Wildman–Crippen MR) is 176 cm³/mol. The molecule has 0 radical (unpaired) electrons. The summed E-state index contributed by atoms with van der Waals surface area (Å²) in [4.78, 5) is 0. The third kappa shape index (κ3) is 10.5. The van der Waals surface area contributed by atoms with Crippen LogP contribution in [0.1, 0.15) is 74.3 Å². The molecular weight excluding hydrogens is 565 g/mol. The molecule has 1 heterocycles. The van der Waals surface area contributed by atoms with E-state index in [4.69, 9.17) is 27.8 Å². The standard InChI is InChI=1S/C33H60O7Si2/c1-24(40-42(13,14)32(5,6)7)28(36-23-25-15-17-26(35-10)18-16-25)20-19-27(34)30-29(38-33(8,9)39-30)21-22-37-41(11,12)31(2,3)4/h15-20,24,27-30,34H,21-23H2,1-14H3/t24-,27?,28+,29-,30+/m0/s1. The predicted octanol–water partition coefficient (Wildman–Crippen LogP) is 7.84. The minimum Gasteiger partial charge on any atom is -0.497 e. The van der Waals surface area contributed by atoms with Crippen molar-refractivity contribution in [3.8, 4) is 5.75 Å². The first-order valence-corrected chi connectivity index (χ1v) is 21.2. The molecule has 0 saturated carbocycles. The molecule has 0 spiro atoms. The molecule has 0 aliphatic carbocycles. The van der Waals surface area contributed by atoms with E-state index >= 15 is 0 Å². The van der Waals surface area contributed by atoms with Crippen LogP contribution in [0.3, 0.4) is 0 Å². The first-order valence-electron chi connectivity index (χ1n) is 15.4. The van der Waals surface area contributed by atoms with Crippen molar-refractivity contribution in [1.82, 2.24) is 0 Å². The number of hydrogen-bond acceptors (Lipinski definition) is 7. The lowest BCUT2D eigenvalue weighted by atomic mass is 10.0. The fraction of sp³-hybridized carbons (Fsp3) is 0.758. The lowest BCUT2D eigenvalue weighted by Gasteiger charge is -2.40. The van der Waals surface area contributed by atoms with Crippen LogP contribution in [0.25, 0.3) is 0 Å². The highest BCUT2D eigenvalue weighted by molar-refractivity contribution is 6.74. The molecule has 42 heavy (non-hydrogen) atoms. The summed E-state index contributed by atoms with van der Waals surface area (Å²) in [6.45, 7) is 29.2. The zero-order valence-corrected chi connectivity index (χ0v) is 30.9. The average Bonchev–Trinajstić information content (AvgIpc) is 3.16. The summed E-state index contributed by atoms with van der Waals surface area (Å²) in [7, 11) is -2.29. The summed E-state index contributed by atoms with van der Waals surface area (Å²) >= 11 is 0. The van der Waals surface area contributed by atoms with Gasteiger partial charge in [-0.05, 0) is 81.2 Å². The maximum Gasteiger partial charge on any atom is 0.192 e. The van der Waals surface area contributed by atoms with Crippen molar-refractivity contribution in [2.24, 2.45) is 0 Å². The maximum atomic E-state index is 11.3. The van der Waals surface area contributed by atoms with Crippen molar-refractivity contribution in [2.45, 2.75) is 148 Å². The van der Waals surface area contributed by atoms with E-state index in [2.05, 4.69) is 74.7 Å². The second kappa shape index (κ2) is 14.4. The van der Waals surface area contributed by atoms with Crippen molar-refractivity contribution in [2.75, 3.05) is 13.7 Å². The summed E-state index contributed by atoms with van der Waals surface area (Å²) in [6, 6.07) is 7.85. The van der Waals surface area contributed by atoms with Gasteiger partial charge in [0.1, 0.15) is 24.1 Å². The Labute approximate surface area is 258 Å². The molecule has 1 aromatic carbocycles. The summed E-state index contributed by atoms with van der Waals surface area (Å²) < 4.78 is 37.2. The minimum absolute atomic E-state index is 0.0608. The summed E-state index contributed by atoms with van der Waals surface area (Å²) in [5.41, 5.74) is 1.03. The molecule has 1 N–H and O–H groups in total. The van der Waals surface area contributed by atoms with E-state index in [0.717, 1.165) is 11.3 Å². The van der Waals surface area contributed by atoms with Crippen LogP contribution in [-0.4, -0.2) is 71.8 Å². The maximum absolute atomic E-state index is 11.3. The van der Waals surface area contributed by atoms with Crippen LogP contribution in [-0.2, 0) is 29.7 Å². The Hall–Kier alpha value is -1.05. The van der Waals surface area contributed by atoms with E-state index in [9.17, 15) is 5.11 Å². The van der Waals surface area contributed by atoms with Crippen LogP contribution in [0.4, 0.5) is 0 Å². The van der Waals surface area contributed by atoms with E-state index in [1.165, 1.54) is 0 Å².